The summed E-state index contributed by atoms with van der Waals surface area (Å²) in [7, 11) is 0. The molecule has 0 atom stereocenters. The number of aromatic nitrogens is 2. The van der Waals surface area contributed by atoms with Crippen LogP contribution in [0.3, 0.4) is 0 Å². The van der Waals surface area contributed by atoms with E-state index in [4.69, 9.17) is 0 Å². The SMILES string of the molecule is O=C(CN1CSCC1=O)NCCCc1ncc[nH]1. The smallest absolute Gasteiger partial charge is 0.239 e. The molecule has 6 nitrogen and oxygen atoms in total. The predicted octanol–water partition coefficient (Wildman–Crippen LogP) is -0.00860. The van der Waals surface area contributed by atoms with Crippen LogP contribution in [0.1, 0.15) is 12.2 Å². The van der Waals surface area contributed by atoms with Crippen LogP contribution >= 0.6 is 11.8 Å². The lowest BCUT2D eigenvalue weighted by Gasteiger charge is -2.13. The van der Waals surface area contributed by atoms with Crippen molar-refractivity contribution in [3.63, 3.8) is 0 Å². The van der Waals surface area contributed by atoms with E-state index in [2.05, 4.69) is 15.3 Å². The average molecular weight is 268 g/mol. The predicted molar refractivity (Wildman–Crippen MR) is 69.0 cm³/mol. The minimum Gasteiger partial charge on any atom is -0.355 e. The molecular weight excluding hydrogens is 252 g/mol. The van der Waals surface area contributed by atoms with E-state index < -0.39 is 0 Å². The van der Waals surface area contributed by atoms with Gasteiger partial charge in [0.2, 0.25) is 11.8 Å². The van der Waals surface area contributed by atoms with Gasteiger partial charge in [0, 0.05) is 25.4 Å². The minimum absolute atomic E-state index is 0.0470. The number of carbonyl (C=O) groups excluding carboxylic acids is 2. The zero-order valence-corrected chi connectivity index (χ0v) is 10.8. The van der Waals surface area contributed by atoms with E-state index in [1.54, 1.807) is 29.1 Å². The van der Waals surface area contributed by atoms with Crippen LogP contribution in [-0.2, 0) is 16.0 Å². The standard InChI is InChI=1S/C11H16N4O2S/c16-10(6-15-8-18-7-11(15)17)14-3-1-2-9-12-4-5-13-9/h4-5H,1-3,6-8H2,(H,12,13)(H,14,16). The van der Waals surface area contributed by atoms with Gasteiger partial charge in [-0.15, -0.1) is 11.8 Å². The first-order valence-corrected chi connectivity index (χ1v) is 7.01. The average Bonchev–Trinajstić information content (AvgIpc) is 2.98. The summed E-state index contributed by atoms with van der Waals surface area (Å²) in [6, 6.07) is 0. The van der Waals surface area contributed by atoms with Crippen molar-refractivity contribution < 1.29 is 9.59 Å². The first-order valence-electron chi connectivity index (χ1n) is 5.86. The Morgan fingerprint density at radius 2 is 2.50 bits per heavy atom. The number of amides is 2. The van der Waals surface area contributed by atoms with Gasteiger partial charge in [0.05, 0.1) is 11.6 Å². The van der Waals surface area contributed by atoms with Gasteiger partial charge in [-0.25, -0.2) is 4.98 Å². The van der Waals surface area contributed by atoms with Crippen LogP contribution < -0.4 is 5.32 Å². The van der Waals surface area contributed by atoms with Crippen LogP contribution in [-0.4, -0.2) is 51.4 Å². The number of hydrogen-bond acceptors (Lipinski definition) is 4. The Morgan fingerprint density at radius 3 is 3.17 bits per heavy atom. The lowest BCUT2D eigenvalue weighted by molar-refractivity contribution is -0.132. The molecule has 2 amide bonds. The maximum absolute atomic E-state index is 11.6. The number of imidazole rings is 1. The van der Waals surface area contributed by atoms with Crippen molar-refractivity contribution in [3.8, 4) is 0 Å². The summed E-state index contributed by atoms with van der Waals surface area (Å²) >= 11 is 1.54. The van der Waals surface area contributed by atoms with Crippen LogP contribution in [0, 0.1) is 0 Å². The zero-order valence-electron chi connectivity index (χ0n) is 10.0. The van der Waals surface area contributed by atoms with Gasteiger partial charge in [-0.1, -0.05) is 0 Å². The lowest BCUT2D eigenvalue weighted by Crippen LogP contribution is -2.38. The van der Waals surface area contributed by atoms with Crippen LogP contribution in [0.4, 0.5) is 0 Å². The second kappa shape index (κ2) is 6.44. The third kappa shape index (κ3) is 3.76. The second-order valence-corrected chi connectivity index (χ2v) is 5.01. The highest BCUT2D eigenvalue weighted by atomic mass is 32.2. The summed E-state index contributed by atoms with van der Waals surface area (Å²) in [5, 5.41) is 2.81. The van der Waals surface area contributed by atoms with Crippen molar-refractivity contribution in [1.82, 2.24) is 20.2 Å². The molecule has 18 heavy (non-hydrogen) atoms. The van der Waals surface area contributed by atoms with Gasteiger partial charge in [0.25, 0.3) is 0 Å². The molecule has 1 fully saturated rings. The monoisotopic (exact) mass is 268 g/mol. The van der Waals surface area contributed by atoms with Gasteiger partial charge in [-0.2, -0.15) is 0 Å². The largest absolute Gasteiger partial charge is 0.355 e. The highest BCUT2D eigenvalue weighted by molar-refractivity contribution is 8.00. The quantitative estimate of drug-likeness (QED) is 0.711. The molecule has 0 spiro atoms. The Balaban J connectivity index is 1.58. The molecule has 1 aromatic rings. The Hall–Kier alpha value is -1.50. The molecule has 2 rings (SSSR count). The summed E-state index contributed by atoms with van der Waals surface area (Å²) in [6.07, 6.45) is 5.14. The van der Waals surface area contributed by atoms with Crippen LogP contribution in [0.5, 0.6) is 0 Å². The van der Waals surface area contributed by atoms with Crippen molar-refractivity contribution in [3.05, 3.63) is 18.2 Å². The molecule has 1 aliphatic rings. The number of hydrogen-bond donors (Lipinski definition) is 2. The van der Waals surface area contributed by atoms with Gasteiger partial charge in [-0.3, -0.25) is 9.59 Å². The van der Waals surface area contributed by atoms with E-state index in [-0.39, 0.29) is 18.4 Å². The first-order chi connectivity index (χ1) is 8.75. The fraction of sp³-hybridized carbons (Fsp3) is 0.545. The summed E-state index contributed by atoms with van der Waals surface area (Å²) in [4.78, 5) is 31.6. The second-order valence-electron chi connectivity index (χ2n) is 4.06. The number of nitrogens with one attached hydrogen (secondary N) is 2. The number of aryl methyl sites for hydroxylation is 1. The van der Waals surface area contributed by atoms with Crippen molar-refractivity contribution in [2.75, 3.05) is 24.7 Å². The Bertz CT molecular complexity index is 407. The summed E-state index contributed by atoms with van der Waals surface area (Å²) in [6.45, 7) is 0.779. The van der Waals surface area contributed by atoms with Crippen molar-refractivity contribution in [2.45, 2.75) is 12.8 Å². The Kier molecular flexibility index (Phi) is 4.63. The van der Waals surface area contributed by atoms with Crippen LogP contribution in [0.25, 0.3) is 0 Å². The maximum Gasteiger partial charge on any atom is 0.239 e. The number of H-pyrrole nitrogens is 1. The highest BCUT2D eigenvalue weighted by Gasteiger charge is 2.22. The Morgan fingerprint density at radius 1 is 1.61 bits per heavy atom. The first kappa shape index (κ1) is 12.9. The van der Waals surface area contributed by atoms with Crippen molar-refractivity contribution >= 4 is 23.6 Å². The number of rotatable bonds is 6. The molecule has 2 N–H and O–H groups in total. The third-order valence-corrected chi connectivity index (χ3v) is 3.57. The molecule has 0 saturated carbocycles. The number of carbonyl (C=O) groups is 2. The van der Waals surface area contributed by atoms with E-state index in [0.717, 1.165) is 18.7 Å². The molecule has 0 bridgehead atoms. The van der Waals surface area contributed by atoms with Gasteiger partial charge in [0.15, 0.2) is 0 Å². The fourth-order valence-electron chi connectivity index (χ4n) is 1.69. The van der Waals surface area contributed by atoms with Crippen LogP contribution in [0.2, 0.25) is 0 Å². The number of nitrogens with zero attached hydrogens (tertiary/aromatic N) is 2. The van der Waals surface area contributed by atoms with E-state index in [9.17, 15) is 9.59 Å². The van der Waals surface area contributed by atoms with E-state index in [1.165, 1.54) is 0 Å². The molecule has 1 aliphatic heterocycles. The normalized spacial score (nSPS) is 15.1. The zero-order chi connectivity index (χ0) is 12.8. The minimum atomic E-state index is -0.0923. The summed E-state index contributed by atoms with van der Waals surface area (Å²) in [5.41, 5.74) is 0. The Labute approximate surface area is 110 Å². The topological polar surface area (TPSA) is 78.1 Å². The molecule has 1 saturated heterocycles. The molecule has 1 aromatic heterocycles. The van der Waals surface area contributed by atoms with Gasteiger partial charge in [0.1, 0.15) is 12.4 Å². The highest BCUT2D eigenvalue weighted by Crippen LogP contribution is 2.13. The van der Waals surface area contributed by atoms with Gasteiger partial charge >= 0.3 is 0 Å². The molecule has 0 aliphatic carbocycles. The molecule has 2 heterocycles. The van der Waals surface area contributed by atoms with E-state index >= 15 is 0 Å². The third-order valence-electron chi connectivity index (χ3n) is 2.63. The van der Waals surface area contributed by atoms with Crippen molar-refractivity contribution in [2.24, 2.45) is 0 Å². The number of thioether (sulfide) groups is 1. The summed E-state index contributed by atoms with van der Waals surface area (Å²) in [5.74, 6) is 2.00. The molecular formula is C11H16N4O2S. The van der Waals surface area contributed by atoms with Crippen molar-refractivity contribution in [1.29, 1.82) is 0 Å². The fourth-order valence-corrected chi connectivity index (χ4v) is 2.59. The molecule has 0 radical (unpaired) electrons. The number of aromatic amines is 1. The molecule has 98 valence electrons. The lowest BCUT2D eigenvalue weighted by atomic mass is 10.3. The molecule has 7 heteroatoms. The van der Waals surface area contributed by atoms with Gasteiger partial charge < -0.3 is 15.2 Å². The van der Waals surface area contributed by atoms with E-state index in [0.29, 0.717) is 18.2 Å². The van der Waals surface area contributed by atoms with Gasteiger partial charge in [-0.05, 0) is 6.42 Å². The van der Waals surface area contributed by atoms with Crippen LogP contribution in [0.15, 0.2) is 12.4 Å². The summed E-state index contributed by atoms with van der Waals surface area (Å²) < 4.78 is 0. The van der Waals surface area contributed by atoms with E-state index in [1.807, 2.05) is 0 Å². The molecule has 0 unspecified atom stereocenters. The molecule has 0 aromatic carbocycles. The maximum atomic E-state index is 11.6.